The van der Waals surface area contributed by atoms with Gasteiger partial charge in [0.1, 0.15) is 17.4 Å². The number of likely N-dealkylation sites (tertiary alicyclic amines) is 1. The van der Waals surface area contributed by atoms with Gasteiger partial charge in [-0.05, 0) is 42.8 Å². The third-order valence-corrected chi connectivity index (χ3v) is 4.12. The number of hydrogen-bond acceptors (Lipinski definition) is 5. The number of rotatable bonds is 1. The zero-order valence-corrected chi connectivity index (χ0v) is 14.3. The van der Waals surface area contributed by atoms with Crippen LogP contribution in [0.15, 0.2) is 16.9 Å². The Balaban J connectivity index is 1.76. The normalized spacial score (nSPS) is 15.9. The van der Waals surface area contributed by atoms with Crippen LogP contribution >= 0.6 is 15.9 Å². The zero-order chi connectivity index (χ0) is 16.1. The van der Waals surface area contributed by atoms with E-state index < -0.39 is 5.60 Å². The molecule has 3 rings (SSSR count). The van der Waals surface area contributed by atoms with Crippen LogP contribution in [0.2, 0.25) is 0 Å². The molecule has 1 amide bonds. The molecule has 118 valence electrons. The molecule has 1 aliphatic heterocycles. The van der Waals surface area contributed by atoms with Crippen molar-refractivity contribution in [3.05, 3.63) is 22.6 Å². The number of amides is 1. The number of nitrogen functional groups attached to an aromatic ring is 1. The SMILES string of the molecule is CC(C)(C)OC(=O)N1CC(c2cc(Br)c3c(N)ncnn23)C1. The number of fused-ring (bicyclic) bond motifs is 1. The largest absolute Gasteiger partial charge is 0.444 e. The maximum atomic E-state index is 12.0. The van der Waals surface area contributed by atoms with Crippen molar-refractivity contribution in [1.29, 1.82) is 0 Å². The molecule has 0 aliphatic carbocycles. The van der Waals surface area contributed by atoms with Gasteiger partial charge in [0.05, 0.1) is 5.69 Å². The highest BCUT2D eigenvalue weighted by Crippen LogP contribution is 2.34. The van der Waals surface area contributed by atoms with Crippen molar-refractivity contribution < 1.29 is 9.53 Å². The van der Waals surface area contributed by atoms with E-state index in [0.717, 1.165) is 15.7 Å². The summed E-state index contributed by atoms with van der Waals surface area (Å²) in [5.41, 5.74) is 7.18. The Labute approximate surface area is 136 Å². The van der Waals surface area contributed by atoms with Crippen LogP contribution in [-0.4, -0.2) is 44.3 Å². The number of anilines is 1. The maximum absolute atomic E-state index is 12.0. The smallest absolute Gasteiger partial charge is 0.410 e. The van der Waals surface area contributed by atoms with Gasteiger partial charge in [-0.2, -0.15) is 5.10 Å². The molecule has 2 aromatic rings. The van der Waals surface area contributed by atoms with Crippen molar-refractivity contribution in [1.82, 2.24) is 19.5 Å². The Kier molecular flexibility index (Phi) is 3.51. The number of nitrogens with zero attached hydrogens (tertiary/aromatic N) is 4. The first-order valence-corrected chi connectivity index (χ1v) is 7.81. The summed E-state index contributed by atoms with van der Waals surface area (Å²) in [6.07, 6.45) is 1.15. The van der Waals surface area contributed by atoms with Crippen LogP contribution in [0.1, 0.15) is 32.4 Å². The van der Waals surface area contributed by atoms with Gasteiger partial charge in [0.2, 0.25) is 0 Å². The van der Waals surface area contributed by atoms with Gasteiger partial charge in [-0.3, -0.25) is 0 Å². The molecule has 8 heteroatoms. The van der Waals surface area contributed by atoms with E-state index in [2.05, 4.69) is 26.0 Å². The van der Waals surface area contributed by atoms with Gasteiger partial charge >= 0.3 is 6.09 Å². The molecule has 0 bridgehead atoms. The van der Waals surface area contributed by atoms with Gasteiger partial charge in [0, 0.05) is 23.5 Å². The van der Waals surface area contributed by atoms with Gasteiger partial charge in [-0.1, -0.05) is 0 Å². The molecule has 0 saturated carbocycles. The van der Waals surface area contributed by atoms with Crippen LogP contribution in [0.5, 0.6) is 0 Å². The fourth-order valence-corrected chi connectivity index (χ4v) is 3.08. The van der Waals surface area contributed by atoms with Crippen molar-refractivity contribution >= 4 is 33.4 Å². The average Bonchev–Trinajstić information content (AvgIpc) is 2.64. The van der Waals surface area contributed by atoms with E-state index in [1.54, 1.807) is 9.42 Å². The Morgan fingerprint density at radius 1 is 1.45 bits per heavy atom. The first-order valence-electron chi connectivity index (χ1n) is 7.02. The number of aromatic nitrogens is 3. The minimum Gasteiger partial charge on any atom is -0.444 e. The monoisotopic (exact) mass is 367 g/mol. The highest BCUT2D eigenvalue weighted by Gasteiger charge is 2.36. The fourth-order valence-electron chi connectivity index (χ4n) is 2.48. The number of halogens is 1. The van der Waals surface area contributed by atoms with E-state index in [0.29, 0.717) is 18.9 Å². The van der Waals surface area contributed by atoms with E-state index in [-0.39, 0.29) is 12.0 Å². The van der Waals surface area contributed by atoms with Gasteiger partial charge in [-0.25, -0.2) is 14.3 Å². The van der Waals surface area contributed by atoms with Crippen LogP contribution in [0, 0.1) is 0 Å². The van der Waals surface area contributed by atoms with Crippen LogP contribution < -0.4 is 5.73 Å². The molecule has 0 aromatic carbocycles. The number of carbonyl (C=O) groups excluding carboxylic acids is 1. The number of hydrogen-bond donors (Lipinski definition) is 1. The summed E-state index contributed by atoms with van der Waals surface area (Å²) in [6.45, 7) is 6.80. The molecule has 1 fully saturated rings. The highest BCUT2D eigenvalue weighted by atomic mass is 79.9. The minimum atomic E-state index is -0.478. The third-order valence-electron chi connectivity index (χ3n) is 3.52. The Bertz CT molecular complexity index is 731. The summed E-state index contributed by atoms with van der Waals surface area (Å²) in [7, 11) is 0. The summed E-state index contributed by atoms with van der Waals surface area (Å²) in [4.78, 5) is 17.7. The Hall–Kier alpha value is -1.83. The summed E-state index contributed by atoms with van der Waals surface area (Å²) in [6, 6.07) is 1.98. The molecular formula is C14H18BrN5O2. The first kappa shape index (κ1) is 15.1. The lowest BCUT2D eigenvalue weighted by atomic mass is 9.97. The van der Waals surface area contributed by atoms with Crippen molar-refractivity contribution in [3.8, 4) is 0 Å². The predicted molar refractivity (Wildman–Crippen MR) is 85.6 cm³/mol. The van der Waals surface area contributed by atoms with E-state index in [4.69, 9.17) is 10.5 Å². The molecule has 7 nitrogen and oxygen atoms in total. The third kappa shape index (κ3) is 2.63. The van der Waals surface area contributed by atoms with Crippen LogP contribution in [0.4, 0.5) is 10.6 Å². The lowest BCUT2D eigenvalue weighted by Gasteiger charge is -2.39. The molecular weight excluding hydrogens is 350 g/mol. The number of nitrogens with two attached hydrogens (primary N) is 1. The molecule has 0 unspecified atom stereocenters. The molecule has 0 atom stereocenters. The van der Waals surface area contributed by atoms with Crippen molar-refractivity contribution in [2.24, 2.45) is 0 Å². The molecule has 2 aromatic heterocycles. The standard InChI is InChI=1S/C14H18BrN5O2/c1-14(2,3)22-13(21)19-5-8(6-19)10-4-9(15)11-12(16)17-7-18-20(10)11/h4,7-8H,5-6H2,1-3H3,(H2,16,17,18). The minimum absolute atomic E-state index is 0.209. The van der Waals surface area contributed by atoms with Gasteiger partial charge in [-0.15, -0.1) is 0 Å². The average molecular weight is 368 g/mol. The summed E-state index contributed by atoms with van der Waals surface area (Å²) in [5, 5.41) is 4.26. The lowest BCUT2D eigenvalue weighted by molar-refractivity contribution is 0.00773. The molecule has 0 spiro atoms. The Morgan fingerprint density at radius 2 is 2.14 bits per heavy atom. The molecule has 1 saturated heterocycles. The molecule has 22 heavy (non-hydrogen) atoms. The maximum Gasteiger partial charge on any atom is 0.410 e. The highest BCUT2D eigenvalue weighted by molar-refractivity contribution is 9.10. The summed E-state index contributed by atoms with van der Waals surface area (Å²) in [5.74, 6) is 0.636. The second-order valence-electron chi connectivity index (χ2n) is 6.41. The lowest BCUT2D eigenvalue weighted by Crippen LogP contribution is -2.50. The number of ether oxygens (including phenoxy) is 1. The van der Waals surface area contributed by atoms with Gasteiger partial charge in [0.25, 0.3) is 0 Å². The first-order chi connectivity index (χ1) is 10.3. The van der Waals surface area contributed by atoms with E-state index >= 15 is 0 Å². The second-order valence-corrected chi connectivity index (χ2v) is 7.26. The van der Waals surface area contributed by atoms with E-state index in [1.807, 2.05) is 26.8 Å². The zero-order valence-electron chi connectivity index (χ0n) is 12.7. The van der Waals surface area contributed by atoms with Crippen molar-refractivity contribution in [2.75, 3.05) is 18.8 Å². The number of carbonyl (C=O) groups is 1. The van der Waals surface area contributed by atoms with E-state index in [1.165, 1.54) is 6.33 Å². The van der Waals surface area contributed by atoms with Crippen LogP contribution in [-0.2, 0) is 4.74 Å². The Morgan fingerprint density at radius 3 is 2.77 bits per heavy atom. The quantitative estimate of drug-likeness (QED) is 0.836. The predicted octanol–water partition coefficient (Wildman–Crippen LogP) is 2.41. The molecule has 0 radical (unpaired) electrons. The molecule has 2 N–H and O–H groups in total. The van der Waals surface area contributed by atoms with Crippen LogP contribution in [0.3, 0.4) is 0 Å². The topological polar surface area (TPSA) is 85.8 Å². The summed E-state index contributed by atoms with van der Waals surface area (Å²) < 4.78 is 8.00. The van der Waals surface area contributed by atoms with Crippen LogP contribution in [0.25, 0.3) is 5.52 Å². The van der Waals surface area contributed by atoms with E-state index in [9.17, 15) is 4.79 Å². The van der Waals surface area contributed by atoms with Crippen molar-refractivity contribution in [3.63, 3.8) is 0 Å². The molecule has 1 aliphatic rings. The fraction of sp³-hybridized carbons (Fsp3) is 0.500. The van der Waals surface area contributed by atoms with Crippen molar-refractivity contribution in [2.45, 2.75) is 32.3 Å². The summed E-state index contributed by atoms with van der Waals surface area (Å²) >= 11 is 3.49. The van der Waals surface area contributed by atoms with Gasteiger partial charge < -0.3 is 15.4 Å². The molecule has 3 heterocycles. The van der Waals surface area contributed by atoms with Gasteiger partial charge in [0.15, 0.2) is 5.82 Å². The second kappa shape index (κ2) is 5.12.